The largest absolute Gasteiger partial charge is 0.463 e. The van der Waals surface area contributed by atoms with E-state index in [2.05, 4.69) is 15.4 Å². The van der Waals surface area contributed by atoms with Crippen molar-refractivity contribution < 1.29 is 9.21 Å². The molecule has 0 atom stereocenters. The predicted octanol–water partition coefficient (Wildman–Crippen LogP) is 2.41. The highest BCUT2D eigenvalue weighted by molar-refractivity contribution is 5.97. The number of fused-ring (bicyclic) bond motifs is 1. The van der Waals surface area contributed by atoms with Crippen molar-refractivity contribution in [2.24, 2.45) is 0 Å². The van der Waals surface area contributed by atoms with Crippen LogP contribution in [-0.4, -0.2) is 27.2 Å². The number of aromatic nitrogens is 3. The van der Waals surface area contributed by atoms with Crippen LogP contribution in [0.15, 0.2) is 70.1 Å². The Morgan fingerprint density at radius 2 is 2.04 bits per heavy atom. The van der Waals surface area contributed by atoms with Crippen LogP contribution in [-0.2, 0) is 6.54 Å². The van der Waals surface area contributed by atoms with Crippen molar-refractivity contribution in [3.05, 3.63) is 76.9 Å². The summed E-state index contributed by atoms with van der Waals surface area (Å²) in [4.78, 5) is 27.3. The molecule has 0 radical (unpaired) electrons. The minimum Gasteiger partial charge on any atom is -0.463 e. The van der Waals surface area contributed by atoms with E-state index in [1.807, 2.05) is 24.3 Å². The molecule has 4 aromatic rings. The SMILES string of the molecule is O=C(NCCn1nc(-c2ccco2)ccc1=O)c1cc2ccccc2[nH]1. The molecule has 26 heavy (non-hydrogen) atoms. The highest BCUT2D eigenvalue weighted by Gasteiger charge is 2.10. The molecule has 0 aliphatic heterocycles. The summed E-state index contributed by atoms with van der Waals surface area (Å²) in [6.45, 7) is 0.544. The normalized spacial score (nSPS) is 10.9. The Hall–Kier alpha value is -3.61. The summed E-state index contributed by atoms with van der Waals surface area (Å²) in [5.74, 6) is 0.359. The molecule has 0 saturated carbocycles. The average Bonchev–Trinajstić information content (AvgIpc) is 3.32. The number of hydrogen-bond donors (Lipinski definition) is 2. The monoisotopic (exact) mass is 348 g/mol. The van der Waals surface area contributed by atoms with Crippen LogP contribution in [0.1, 0.15) is 10.5 Å². The Kier molecular flexibility index (Phi) is 4.10. The molecule has 0 spiro atoms. The fourth-order valence-electron chi connectivity index (χ4n) is 2.73. The van der Waals surface area contributed by atoms with E-state index < -0.39 is 0 Å². The summed E-state index contributed by atoms with van der Waals surface area (Å²) in [7, 11) is 0. The molecule has 2 N–H and O–H groups in total. The van der Waals surface area contributed by atoms with Crippen molar-refractivity contribution in [2.75, 3.05) is 6.54 Å². The lowest BCUT2D eigenvalue weighted by atomic mass is 10.2. The highest BCUT2D eigenvalue weighted by Crippen LogP contribution is 2.15. The van der Waals surface area contributed by atoms with Gasteiger partial charge in [0.25, 0.3) is 11.5 Å². The third-order valence-electron chi connectivity index (χ3n) is 4.02. The van der Waals surface area contributed by atoms with Crippen molar-refractivity contribution >= 4 is 16.8 Å². The first kappa shape index (κ1) is 15.9. The quantitative estimate of drug-likeness (QED) is 0.579. The maximum atomic E-state index is 12.3. The lowest BCUT2D eigenvalue weighted by Gasteiger charge is -2.07. The van der Waals surface area contributed by atoms with E-state index >= 15 is 0 Å². The fraction of sp³-hybridized carbons (Fsp3) is 0.105. The number of furan rings is 1. The van der Waals surface area contributed by atoms with Gasteiger partial charge in [0.05, 0.1) is 12.8 Å². The lowest BCUT2D eigenvalue weighted by molar-refractivity contribution is 0.0947. The summed E-state index contributed by atoms with van der Waals surface area (Å²) in [6, 6.07) is 16.0. The average molecular weight is 348 g/mol. The first-order valence-corrected chi connectivity index (χ1v) is 8.19. The van der Waals surface area contributed by atoms with E-state index in [0.29, 0.717) is 17.1 Å². The number of nitrogens with zero attached hydrogens (tertiary/aromatic N) is 2. The molecular weight excluding hydrogens is 332 g/mol. The summed E-state index contributed by atoms with van der Waals surface area (Å²) < 4.78 is 6.60. The van der Waals surface area contributed by atoms with Crippen LogP contribution in [0.3, 0.4) is 0 Å². The van der Waals surface area contributed by atoms with Crippen molar-refractivity contribution in [2.45, 2.75) is 6.54 Å². The maximum Gasteiger partial charge on any atom is 0.267 e. The molecule has 0 aliphatic rings. The zero-order valence-corrected chi connectivity index (χ0v) is 13.8. The van der Waals surface area contributed by atoms with Crippen LogP contribution in [0.5, 0.6) is 0 Å². The van der Waals surface area contributed by atoms with Crippen LogP contribution in [0, 0.1) is 0 Å². The van der Waals surface area contributed by atoms with Gasteiger partial charge in [0.2, 0.25) is 0 Å². The number of benzene rings is 1. The lowest BCUT2D eigenvalue weighted by Crippen LogP contribution is -2.32. The van der Waals surface area contributed by atoms with Crippen LogP contribution in [0.2, 0.25) is 0 Å². The Bertz CT molecular complexity index is 1080. The van der Waals surface area contributed by atoms with Gasteiger partial charge >= 0.3 is 0 Å². The van der Waals surface area contributed by atoms with Crippen LogP contribution < -0.4 is 10.9 Å². The van der Waals surface area contributed by atoms with Gasteiger partial charge in [0, 0.05) is 23.5 Å². The first-order valence-electron chi connectivity index (χ1n) is 8.19. The van der Waals surface area contributed by atoms with Crippen LogP contribution >= 0.6 is 0 Å². The van der Waals surface area contributed by atoms with E-state index in [4.69, 9.17) is 4.42 Å². The second-order valence-electron chi connectivity index (χ2n) is 5.78. The molecule has 0 bridgehead atoms. The van der Waals surface area contributed by atoms with E-state index in [-0.39, 0.29) is 24.6 Å². The summed E-state index contributed by atoms with van der Waals surface area (Å²) in [5, 5.41) is 8.04. The standard InChI is InChI=1S/C19H16N4O3/c24-18-8-7-15(17-6-3-11-26-17)22-23(18)10-9-20-19(25)16-12-13-4-1-2-5-14(13)21-16/h1-8,11-12,21H,9-10H2,(H,20,25). The topological polar surface area (TPSA) is 92.9 Å². The Morgan fingerprint density at radius 1 is 1.15 bits per heavy atom. The van der Waals surface area contributed by atoms with E-state index in [1.165, 1.54) is 10.7 Å². The zero-order chi connectivity index (χ0) is 17.9. The van der Waals surface area contributed by atoms with Crippen LogP contribution in [0.4, 0.5) is 0 Å². The number of amides is 1. The highest BCUT2D eigenvalue weighted by atomic mass is 16.3. The van der Waals surface area contributed by atoms with Crippen LogP contribution in [0.25, 0.3) is 22.4 Å². The number of aromatic amines is 1. The Balaban J connectivity index is 1.43. The number of carbonyl (C=O) groups excluding carboxylic acids is 1. The van der Waals surface area contributed by atoms with Crippen molar-refractivity contribution in [1.82, 2.24) is 20.1 Å². The Labute approximate surface area is 148 Å². The van der Waals surface area contributed by atoms with Gasteiger partial charge in [-0.3, -0.25) is 9.59 Å². The number of nitrogens with one attached hydrogen (secondary N) is 2. The molecular formula is C19H16N4O3. The molecule has 0 unspecified atom stereocenters. The molecule has 130 valence electrons. The number of rotatable bonds is 5. The smallest absolute Gasteiger partial charge is 0.267 e. The van der Waals surface area contributed by atoms with E-state index in [0.717, 1.165) is 10.9 Å². The van der Waals surface area contributed by atoms with Crippen molar-refractivity contribution in [3.8, 4) is 11.5 Å². The zero-order valence-electron chi connectivity index (χ0n) is 13.8. The second kappa shape index (κ2) is 6.72. The molecule has 0 saturated heterocycles. The molecule has 3 aromatic heterocycles. The number of carbonyl (C=O) groups is 1. The number of para-hydroxylation sites is 1. The van der Waals surface area contributed by atoms with Gasteiger partial charge in [-0.2, -0.15) is 5.10 Å². The van der Waals surface area contributed by atoms with Crippen molar-refractivity contribution in [3.63, 3.8) is 0 Å². The summed E-state index contributed by atoms with van der Waals surface area (Å²) in [5.41, 5.74) is 1.72. The molecule has 3 heterocycles. The molecule has 0 fully saturated rings. The fourth-order valence-corrected chi connectivity index (χ4v) is 2.73. The van der Waals surface area contributed by atoms with E-state index in [1.54, 1.807) is 30.5 Å². The van der Waals surface area contributed by atoms with E-state index in [9.17, 15) is 9.59 Å². The minimum atomic E-state index is -0.236. The predicted molar refractivity (Wildman–Crippen MR) is 96.8 cm³/mol. The van der Waals surface area contributed by atoms with Gasteiger partial charge in [-0.15, -0.1) is 0 Å². The molecule has 1 amide bonds. The van der Waals surface area contributed by atoms with Gasteiger partial charge < -0.3 is 14.7 Å². The first-order chi connectivity index (χ1) is 12.7. The molecule has 7 nitrogen and oxygen atoms in total. The third-order valence-corrected chi connectivity index (χ3v) is 4.02. The third kappa shape index (κ3) is 3.14. The molecule has 7 heteroatoms. The van der Waals surface area contributed by atoms with Crippen molar-refractivity contribution in [1.29, 1.82) is 0 Å². The van der Waals surface area contributed by atoms with Gasteiger partial charge in [-0.1, -0.05) is 18.2 Å². The molecule has 4 rings (SSSR count). The van der Waals surface area contributed by atoms with Gasteiger partial charge in [0.1, 0.15) is 11.4 Å². The summed E-state index contributed by atoms with van der Waals surface area (Å²) >= 11 is 0. The molecule has 1 aromatic carbocycles. The minimum absolute atomic E-state index is 0.226. The number of H-pyrrole nitrogens is 1. The Morgan fingerprint density at radius 3 is 2.85 bits per heavy atom. The number of hydrogen-bond acceptors (Lipinski definition) is 4. The maximum absolute atomic E-state index is 12.3. The molecule has 0 aliphatic carbocycles. The summed E-state index contributed by atoms with van der Waals surface area (Å²) in [6.07, 6.45) is 1.55. The van der Waals surface area contributed by atoms with Gasteiger partial charge in [-0.05, 0) is 30.3 Å². The van der Waals surface area contributed by atoms with Gasteiger partial charge in [0.15, 0.2) is 5.76 Å². The second-order valence-corrected chi connectivity index (χ2v) is 5.78. The van der Waals surface area contributed by atoms with Gasteiger partial charge in [-0.25, -0.2) is 4.68 Å².